The number of rotatable bonds is 3. The highest BCUT2D eigenvalue weighted by Crippen LogP contribution is 2.31. The molecule has 0 fully saturated rings. The standard InChI is InChI=1S/C19H23N3O/c1-11(2)23-17-9-7-16(8-10-17)22-14(5)18-12(3)20-21-13(4)19(18)15(22)6/h7-11H,1-6H3. The first-order chi connectivity index (χ1) is 10.9. The van der Waals surface area contributed by atoms with E-state index in [2.05, 4.69) is 40.7 Å². The summed E-state index contributed by atoms with van der Waals surface area (Å²) in [6.07, 6.45) is 0.181. The Morgan fingerprint density at radius 1 is 0.826 bits per heavy atom. The summed E-state index contributed by atoms with van der Waals surface area (Å²) in [4.78, 5) is 0. The van der Waals surface area contributed by atoms with Gasteiger partial charge in [0.15, 0.2) is 0 Å². The Labute approximate surface area is 137 Å². The molecule has 1 aromatic carbocycles. The maximum atomic E-state index is 5.73. The molecule has 0 N–H and O–H groups in total. The maximum Gasteiger partial charge on any atom is 0.119 e. The van der Waals surface area contributed by atoms with Crippen molar-refractivity contribution in [3.05, 3.63) is 47.0 Å². The second kappa shape index (κ2) is 5.69. The lowest BCUT2D eigenvalue weighted by atomic mass is 10.1. The molecule has 120 valence electrons. The number of benzene rings is 1. The Morgan fingerprint density at radius 2 is 1.30 bits per heavy atom. The van der Waals surface area contributed by atoms with Crippen molar-refractivity contribution in [2.75, 3.05) is 0 Å². The van der Waals surface area contributed by atoms with Gasteiger partial charge in [0.25, 0.3) is 0 Å². The van der Waals surface area contributed by atoms with Crippen LogP contribution in [0.2, 0.25) is 0 Å². The van der Waals surface area contributed by atoms with E-state index in [9.17, 15) is 0 Å². The molecule has 2 aromatic heterocycles. The smallest absolute Gasteiger partial charge is 0.119 e. The van der Waals surface area contributed by atoms with Gasteiger partial charge in [0.05, 0.1) is 17.5 Å². The molecule has 0 amide bonds. The maximum absolute atomic E-state index is 5.73. The number of hydrogen-bond acceptors (Lipinski definition) is 3. The zero-order chi connectivity index (χ0) is 16.7. The molecule has 0 bridgehead atoms. The minimum absolute atomic E-state index is 0.181. The van der Waals surface area contributed by atoms with Gasteiger partial charge >= 0.3 is 0 Å². The van der Waals surface area contributed by atoms with Crippen LogP contribution in [0.3, 0.4) is 0 Å². The molecule has 4 heteroatoms. The molecule has 3 aromatic rings. The fraction of sp³-hybridized carbons (Fsp3) is 0.368. The van der Waals surface area contributed by atoms with Gasteiger partial charge in [-0.15, -0.1) is 0 Å². The van der Waals surface area contributed by atoms with Crippen LogP contribution in [0.1, 0.15) is 36.6 Å². The third-order valence-electron chi connectivity index (χ3n) is 4.18. The van der Waals surface area contributed by atoms with Gasteiger partial charge in [0, 0.05) is 27.8 Å². The molecular formula is C19H23N3O. The Bertz CT molecular complexity index is 816. The molecule has 0 unspecified atom stereocenters. The minimum Gasteiger partial charge on any atom is -0.491 e. The first-order valence-corrected chi connectivity index (χ1v) is 7.98. The third kappa shape index (κ3) is 2.58. The van der Waals surface area contributed by atoms with E-state index in [1.165, 1.54) is 22.2 Å². The number of nitrogens with zero attached hydrogens (tertiary/aromatic N) is 3. The normalized spacial score (nSPS) is 11.4. The quantitative estimate of drug-likeness (QED) is 0.718. The Kier molecular flexibility index (Phi) is 3.84. The van der Waals surface area contributed by atoms with E-state index < -0.39 is 0 Å². The SMILES string of the molecule is Cc1nnc(C)c2c(C)n(-c3ccc(OC(C)C)cc3)c(C)c12. The molecule has 4 nitrogen and oxygen atoms in total. The van der Waals surface area contributed by atoms with Crippen LogP contribution in [0.15, 0.2) is 24.3 Å². The summed E-state index contributed by atoms with van der Waals surface area (Å²) < 4.78 is 8.00. The summed E-state index contributed by atoms with van der Waals surface area (Å²) >= 11 is 0. The largest absolute Gasteiger partial charge is 0.491 e. The van der Waals surface area contributed by atoms with Gasteiger partial charge in [-0.1, -0.05) is 0 Å². The number of ether oxygens (including phenoxy) is 1. The molecule has 3 rings (SSSR count). The summed E-state index contributed by atoms with van der Waals surface area (Å²) in [5.41, 5.74) is 5.48. The average Bonchev–Trinajstić information content (AvgIpc) is 2.76. The zero-order valence-corrected chi connectivity index (χ0v) is 14.6. The molecule has 0 aliphatic carbocycles. The zero-order valence-electron chi connectivity index (χ0n) is 14.6. The second-order valence-corrected chi connectivity index (χ2v) is 6.29. The minimum atomic E-state index is 0.181. The van der Waals surface area contributed by atoms with E-state index in [-0.39, 0.29) is 6.10 Å². The number of aryl methyl sites for hydroxylation is 4. The predicted octanol–water partition coefficient (Wildman–Crippen LogP) is 4.44. The van der Waals surface area contributed by atoms with E-state index >= 15 is 0 Å². The van der Waals surface area contributed by atoms with Gasteiger partial charge in [-0.3, -0.25) is 0 Å². The number of fused-ring (bicyclic) bond motifs is 1. The van der Waals surface area contributed by atoms with Crippen LogP contribution >= 0.6 is 0 Å². The van der Waals surface area contributed by atoms with E-state index in [1.807, 2.05) is 39.8 Å². The van der Waals surface area contributed by atoms with Crippen LogP contribution in [0.4, 0.5) is 0 Å². The van der Waals surface area contributed by atoms with Gasteiger partial charge in [0.2, 0.25) is 0 Å². The van der Waals surface area contributed by atoms with Gasteiger partial charge in [-0.2, -0.15) is 10.2 Å². The highest BCUT2D eigenvalue weighted by atomic mass is 16.5. The lowest BCUT2D eigenvalue weighted by Crippen LogP contribution is -2.05. The van der Waals surface area contributed by atoms with Crippen LogP contribution in [0, 0.1) is 27.7 Å². The molecule has 0 aliphatic rings. The van der Waals surface area contributed by atoms with Crippen molar-refractivity contribution in [1.29, 1.82) is 0 Å². The first kappa shape index (κ1) is 15.5. The molecule has 23 heavy (non-hydrogen) atoms. The number of hydrogen-bond donors (Lipinski definition) is 0. The van der Waals surface area contributed by atoms with Gasteiger partial charge < -0.3 is 9.30 Å². The molecule has 0 saturated carbocycles. The Balaban J connectivity index is 2.17. The molecule has 0 spiro atoms. The second-order valence-electron chi connectivity index (χ2n) is 6.29. The topological polar surface area (TPSA) is 39.9 Å². The third-order valence-corrected chi connectivity index (χ3v) is 4.18. The fourth-order valence-corrected chi connectivity index (χ4v) is 3.31. The lowest BCUT2D eigenvalue weighted by Gasteiger charge is -2.12. The van der Waals surface area contributed by atoms with Gasteiger partial charge in [-0.25, -0.2) is 0 Å². The molecule has 0 radical (unpaired) electrons. The van der Waals surface area contributed by atoms with E-state index in [0.29, 0.717) is 0 Å². The summed E-state index contributed by atoms with van der Waals surface area (Å²) in [5.74, 6) is 0.895. The summed E-state index contributed by atoms with van der Waals surface area (Å²) in [6.45, 7) is 12.4. The highest BCUT2D eigenvalue weighted by Gasteiger charge is 2.17. The molecule has 0 aliphatic heterocycles. The van der Waals surface area contributed by atoms with Crippen molar-refractivity contribution in [3.63, 3.8) is 0 Å². The van der Waals surface area contributed by atoms with Crippen molar-refractivity contribution in [2.45, 2.75) is 47.6 Å². The van der Waals surface area contributed by atoms with Crippen LogP contribution in [-0.4, -0.2) is 20.9 Å². The van der Waals surface area contributed by atoms with E-state index in [0.717, 1.165) is 22.8 Å². The van der Waals surface area contributed by atoms with Gasteiger partial charge in [-0.05, 0) is 65.8 Å². The Hall–Kier alpha value is -2.36. The first-order valence-electron chi connectivity index (χ1n) is 7.98. The van der Waals surface area contributed by atoms with Crippen molar-refractivity contribution < 1.29 is 4.74 Å². The van der Waals surface area contributed by atoms with E-state index in [4.69, 9.17) is 4.74 Å². The number of aromatic nitrogens is 3. The monoisotopic (exact) mass is 309 g/mol. The summed E-state index contributed by atoms with van der Waals surface area (Å²) in [7, 11) is 0. The molecule has 2 heterocycles. The van der Waals surface area contributed by atoms with Crippen molar-refractivity contribution in [1.82, 2.24) is 14.8 Å². The average molecular weight is 309 g/mol. The van der Waals surface area contributed by atoms with Crippen molar-refractivity contribution in [3.8, 4) is 11.4 Å². The van der Waals surface area contributed by atoms with Crippen LogP contribution in [0.25, 0.3) is 16.5 Å². The summed E-state index contributed by atoms with van der Waals surface area (Å²) in [6, 6.07) is 8.24. The molecule has 0 saturated heterocycles. The van der Waals surface area contributed by atoms with Crippen molar-refractivity contribution >= 4 is 10.8 Å². The molecule has 0 atom stereocenters. The summed E-state index contributed by atoms with van der Waals surface area (Å²) in [5, 5.41) is 11.0. The van der Waals surface area contributed by atoms with Crippen molar-refractivity contribution in [2.24, 2.45) is 0 Å². The Morgan fingerprint density at radius 3 is 1.74 bits per heavy atom. The highest BCUT2D eigenvalue weighted by molar-refractivity contribution is 5.92. The van der Waals surface area contributed by atoms with Crippen LogP contribution in [-0.2, 0) is 0 Å². The predicted molar refractivity (Wildman–Crippen MR) is 93.6 cm³/mol. The van der Waals surface area contributed by atoms with Crippen LogP contribution in [0.5, 0.6) is 5.75 Å². The lowest BCUT2D eigenvalue weighted by molar-refractivity contribution is 0.242. The van der Waals surface area contributed by atoms with E-state index in [1.54, 1.807) is 0 Å². The fourth-order valence-electron chi connectivity index (χ4n) is 3.31. The van der Waals surface area contributed by atoms with Crippen LogP contribution < -0.4 is 4.74 Å². The van der Waals surface area contributed by atoms with Gasteiger partial charge in [0.1, 0.15) is 5.75 Å². The molecular weight excluding hydrogens is 286 g/mol.